The number of hydrogen-bond acceptors (Lipinski definition) is 2. The first-order chi connectivity index (χ1) is 10.5. The van der Waals surface area contributed by atoms with Crippen molar-refractivity contribution in [2.24, 2.45) is 0 Å². The Bertz CT molecular complexity index is 754. The van der Waals surface area contributed by atoms with Gasteiger partial charge in [-0.15, -0.1) is 6.58 Å². The van der Waals surface area contributed by atoms with Crippen LogP contribution in [0.15, 0.2) is 24.8 Å². The number of aromatic amines is 2. The van der Waals surface area contributed by atoms with E-state index < -0.39 is 0 Å². The Balaban J connectivity index is 0.000000545. The molecule has 3 aromatic rings. The number of aromatic nitrogens is 4. The van der Waals surface area contributed by atoms with Crippen LogP contribution in [0.1, 0.15) is 36.2 Å². The maximum absolute atomic E-state index is 4.66. The molecule has 2 N–H and O–H groups in total. The van der Waals surface area contributed by atoms with E-state index in [2.05, 4.69) is 66.6 Å². The topological polar surface area (TPSA) is 57.4 Å². The van der Waals surface area contributed by atoms with Gasteiger partial charge in [-0.3, -0.25) is 5.10 Å². The van der Waals surface area contributed by atoms with E-state index in [1.54, 1.807) is 6.08 Å². The minimum absolute atomic E-state index is 0.841. The van der Waals surface area contributed by atoms with Crippen molar-refractivity contribution in [1.82, 2.24) is 20.2 Å². The minimum atomic E-state index is 0.841. The van der Waals surface area contributed by atoms with Gasteiger partial charge in [0.15, 0.2) is 5.82 Å². The number of rotatable bonds is 2. The van der Waals surface area contributed by atoms with Crippen LogP contribution in [0.2, 0.25) is 0 Å². The molecule has 0 aliphatic carbocycles. The van der Waals surface area contributed by atoms with E-state index >= 15 is 0 Å². The van der Waals surface area contributed by atoms with Crippen LogP contribution >= 0.6 is 0 Å². The third-order valence-electron chi connectivity index (χ3n) is 3.79. The molecule has 0 amide bonds. The Kier molecular flexibility index (Phi) is 4.81. The molecule has 0 radical (unpaired) electrons. The highest BCUT2D eigenvalue weighted by molar-refractivity contribution is 5.80. The standard InChI is InChI=1S/C15H18N4.C3H6/c1-5-11-10(4)14(19-18-11)15-16-12-6-8(2)9(3)7-13(12)17-15;1-3-2/h6-7H,5H2,1-4H3,(H,16,17)(H,18,19);3H,1H2,2H3. The lowest BCUT2D eigenvalue weighted by molar-refractivity contribution is 0.968. The molecule has 0 saturated carbocycles. The summed E-state index contributed by atoms with van der Waals surface area (Å²) in [4.78, 5) is 8.02. The lowest BCUT2D eigenvalue weighted by Crippen LogP contribution is -1.85. The van der Waals surface area contributed by atoms with Gasteiger partial charge in [-0.2, -0.15) is 5.10 Å². The third-order valence-corrected chi connectivity index (χ3v) is 3.79. The number of hydrogen-bond donors (Lipinski definition) is 2. The summed E-state index contributed by atoms with van der Waals surface area (Å²) < 4.78 is 0. The second-order valence-electron chi connectivity index (χ2n) is 5.48. The molecule has 0 fully saturated rings. The van der Waals surface area contributed by atoms with E-state index in [1.807, 2.05) is 6.92 Å². The SMILES string of the molecule is C=CC.CCc1[nH]nc(-c2nc3cc(C)c(C)cc3[nH]2)c1C. The summed E-state index contributed by atoms with van der Waals surface area (Å²) >= 11 is 0. The fourth-order valence-corrected chi connectivity index (χ4v) is 2.39. The molecule has 0 unspecified atom stereocenters. The first kappa shape index (κ1) is 16.0. The van der Waals surface area contributed by atoms with E-state index in [1.165, 1.54) is 22.4 Å². The summed E-state index contributed by atoms with van der Waals surface area (Å²) in [5, 5.41) is 7.46. The zero-order valence-corrected chi connectivity index (χ0v) is 14.0. The van der Waals surface area contributed by atoms with Gasteiger partial charge in [0.2, 0.25) is 0 Å². The molecule has 116 valence electrons. The van der Waals surface area contributed by atoms with E-state index in [0.717, 1.165) is 29.0 Å². The van der Waals surface area contributed by atoms with Crippen LogP contribution in [0.4, 0.5) is 0 Å². The number of H-pyrrole nitrogens is 2. The number of benzene rings is 1. The van der Waals surface area contributed by atoms with Gasteiger partial charge in [0.05, 0.1) is 11.0 Å². The Morgan fingerprint density at radius 3 is 2.41 bits per heavy atom. The predicted molar refractivity (Wildman–Crippen MR) is 93.1 cm³/mol. The van der Waals surface area contributed by atoms with Crippen LogP contribution in [0.3, 0.4) is 0 Å². The highest BCUT2D eigenvalue weighted by atomic mass is 15.1. The number of nitrogens with zero attached hydrogens (tertiary/aromatic N) is 2. The van der Waals surface area contributed by atoms with Crippen molar-refractivity contribution in [3.63, 3.8) is 0 Å². The van der Waals surface area contributed by atoms with Crippen LogP contribution in [-0.4, -0.2) is 20.2 Å². The molecule has 0 aliphatic rings. The van der Waals surface area contributed by atoms with Crippen molar-refractivity contribution >= 4 is 11.0 Å². The molecule has 4 nitrogen and oxygen atoms in total. The normalized spacial score (nSPS) is 10.4. The second-order valence-corrected chi connectivity index (χ2v) is 5.48. The molecule has 22 heavy (non-hydrogen) atoms. The van der Waals surface area contributed by atoms with E-state index in [9.17, 15) is 0 Å². The first-order valence-corrected chi connectivity index (χ1v) is 7.60. The third kappa shape index (κ3) is 2.96. The number of allylic oxidation sites excluding steroid dienone is 1. The Hall–Kier alpha value is -2.36. The summed E-state index contributed by atoms with van der Waals surface area (Å²) in [6, 6.07) is 4.26. The fourth-order valence-electron chi connectivity index (χ4n) is 2.39. The Morgan fingerprint density at radius 1 is 1.18 bits per heavy atom. The molecule has 0 saturated heterocycles. The van der Waals surface area contributed by atoms with Gasteiger partial charge in [-0.25, -0.2) is 4.98 Å². The highest BCUT2D eigenvalue weighted by Crippen LogP contribution is 2.25. The van der Waals surface area contributed by atoms with Crippen LogP contribution in [0, 0.1) is 20.8 Å². The Morgan fingerprint density at radius 2 is 1.82 bits per heavy atom. The first-order valence-electron chi connectivity index (χ1n) is 7.60. The van der Waals surface area contributed by atoms with Crippen molar-refractivity contribution in [1.29, 1.82) is 0 Å². The summed E-state index contributed by atoms with van der Waals surface area (Å²) in [5.74, 6) is 0.841. The molecular formula is C18H24N4. The fraction of sp³-hybridized carbons (Fsp3) is 0.333. The minimum Gasteiger partial charge on any atom is -0.337 e. The average Bonchev–Trinajstić information content (AvgIpc) is 3.03. The van der Waals surface area contributed by atoms with Crippen LogP contribution in [-0.2, 0) is 6.42 Å². The van der Waals surface area contributed by atoms with Gasteiger partial charge in [0.1, 0.15) is 5.69 Å². The van der Waals surface area contributed by atoms with E-state index in [-0.39, 0.29) is 0 Å². The zero-order valence-electron chi connectivity index (χ0n) is 14.0. The molecule has 4 heteroatoms. The zero-order chi connectivity index (χ0) is 16.3. The molecule has 2 aromatic heterocycles. The number of fused-ring (bicyclic) bond motifs is 1. The Labute approximate surface area is 131 Å². The molecule has 1 aromatic carbocycles. The maximum Gasteiger partial charge on any atom is 0.159 e. The van der Waals surface area contributed by atoms with Gasteiger partial charge >= 0.3 is 0 Å². The molecule has 2 heterocycles. The van der Waals surface area contributed by atoms with Crippen molar-refractivity contribution in [3.8, 4) is 11.5 Å². The molecule has 0 atom stereocenters. The van der Waals surface area contributed by atoms with Gasteiger partial charge in [-0.1, -0.05) is 13.0 Å². The number of aryl methyl sites for hydroxylation is 3. The number of imidazole rings is 1. The monoisotopic (exact) mass is 296 g/mol. The van der Waals surface area contributed by atoms with Gasteiger partial charge in [0.25, 0.3) is 0 Å². The van der Waals surface area contributed by atoms with Crippen molar-refractivity contribution in [2.75, 3.05) is 0 Å². The molecule has 0 spiro atoms. The smallest absolute Gasteiger partial charge is 0.159 e. The molecular weight excluding hydrogens is 272 g/mol. The summed E-state index contributed by atoms with van der Waals surface area (Å²) in [5.41, 5.74) is 7.87. The summed E-state index contributed by atoms with van der Waals surface area (Å²) in [6.45, 7) is 13.7. The highest BCUT2D eigenvalue weighted by Gasteiger charge is 2.14. The second kappa shape index (κ2) is 6.60. The van der Waals surface area contributed by atoms with Crippen molar-refractivity contribution in [2.45, 2.75) is 41.0 Å². The molecule has 0 bridgehead atoms. The van der Waals surface area contributed by atoms with Crippen molar-refractivity contribution in [3.05, 3.63) is 47.2 Å². The summed E-state index contributed by atoms with van der Waals surface area (Å²) in [7, 11) is 0. The largest absolute Gasteiger partial charge is 0.337 e. The van der Waals surface area contributed by atoms with E-state index in [0.29, 0.717) is 0 Å². The summed E-state index contributed by atoms with van der Waals surface area (Å²) in [6.07, 6.45) is 2.71. The lowest BCUT2D eigenvalue weighted by Gasteiger charge is -1.97. The molecule has 3 rings (SSSR count). The maximum atomic E-state index is 4.66. The average molecular weight is 296 g/mol. The molecule has 0 aliphatic heterocycles. The van der Waals surface area contributed by atoms with Gasteiger partial charge < -0.3 is 4.98 Å². The van der Waals surface area contributed by atoms with Crippen LogP contribution in [0.5, 0.6) is 0 Å². The quantitative estimate of drug-likeness (QED) is 0.677. The predicted octanol–water partition coefficient (Wildman–Crippen LogP) is 4.63. The van der Waals surface area contributed by atoms with Crippen LogP contribution < -0.4 is 0 Å². The van der Waals surface area contributed by atoms with E-state index in [4.69, 9.17) is 0 Å². The lowest BCUT2D eigenvalue weighted by atomic mass is 10.1. The van der Waals surface area contributed by atoms with Crippen LogP contribution in [0.25, 0.3) is 22.6 Å². The van der Waals surface area contributed by atoms with Gasteiger partial charge in [0, 0.05) is 11.3 Å². The van der Waals surface area contributed by atoms with Gasteiger partial charge in [-0.05, 0) is 57.4 Å². The number of nitrogens with one attached hydrogen (secondary N) is 2. The van der Waals surface area contributed by atoms with Crippen molar-refractivity contribution < 1.29 is 0 Å².